The predicted molar refractivity (Wildman–Crippen MR) is 107 cm³/mol. The number of benzene rings is 1. The Labute approximate surface area is 160 Å². The fourth-order valence-electron chi connectivity index (χ4n) is 3.19. The van der Waals surface area contributed by atoms with E-state index in [1.807, 2.05) is 39.0 Å². The summed E-state index contributed by atoms with van der Waals surface area (Å²) < 4.78 is 29.3. The van der Waals surface area contributed by atoms with Gasteiger partial charge in [-0.2, -0.15) is 5.10 Å². The molecule has 0 fully saturated rings. The first kappa shape index (κ1) is 19.5. The summed E-state index contributed by atoms with van der Waals surface area (Å²) in [6, 6.07) is 7.49. The Balaban J connectivity index is 2.12. The molecule has 144 valence electrons. The van der Waals surface area contributed by atoms with E-state index in [1.165, 1.54) is 4.31 Å². The van der Waals surface area contributed by atoms with E-state index in [-0.39, 0.29) is 0 Å². The van der Waals surface area contributed by atoms with Gasteiger partial charge < -0.3 is 0 Å². The van der Waals surface area contributed by atoms with Crippen molar-refractivity contribution in [3.63, 3.8) is 0 Å². The van der Waals surface area contributed by atoms with E-state index in [0.29, 0.717) is 11.4 Å². The highest BCUT2D eigenvalue weighted by atomic mass is 32.2. The highest BCUT2D eigenvalue weighted by molar-refractivity contribution is 7.89. The normalized spacial score (nSPS) is 12.2. The van der Waals surface area contributed by atoms with Crippen LogP contribution in [0.25, 0.3) is 16.8 Å². The van der Waals surface area contributed by atoms with Gasteiger partial charge in [-0.25, -0.2) is 22.2 Å². The summed E-state index contributed by atoms with van der Waals surface area (Å²) in [5.41, 5.74) is 4.99. The summed E-state index contributed by atoms with van der Waals surface area (Å²) in [4.78, 5) is 4.94. The summed E-state index contributed by atoms with van der Waals surface area (Å²) in [6.07, 6.45) is 3.53. The molecule has 27 heavy (non-hydrogen) atoms. The lowest BCUT2D eigenvalue weighted by molar-refractivity contribution is 0.459. The molecule has 2 heterocycles. The van der Waals surface area contributed by atoms with Crippen molar-refractivity contribution in [3.05, 3.63) is 47.4 Å². The molecular formula is C20H26N4O2S. The van der Waals surface area contributed by atoms with Gasteiger partial charge in [-0.1, -0.05) is 25.5 Å². The van der Waals surface area contributed by atoms with E-state index in [0.717, 1.165) is 46.6 Å². The molecule has 0 aliphatic carbocycles. The zero-order chi connectivity index (χ0) is 19.8. The molecule has 0 atom stereocenters. The number of hydrogen-bond acceptors (Lipinski definition) is 4. The number of sulfonamides is 1. The van der Waals surface area contributed by atoms with Crippen LogP contribution in [0.4, 0.5) is 0 Å². The van der Waals surface area contributed by atoms with Crippen molar-refractivity contribution in [1.29, 1.82) is 0 Å². The van der Waals surface area contributed by atoms with Crippen LogP contribution in [0, 0.1) is 20.8 Å². The molecule has 7 heteroatoms. The molecule has 0 aliphatic heterocycles. The van der Waals surface area contributed by atoms with Gasteiger partial charge >= 0.3 is 0 Å². The van der Waals surface area contributed by atoms with Crippen LogP contribution in [0.15, 0.2) is 35.4 Å². The summed E-state index contributed by atoms with van der Waals surface area (Å²) >= 11 is 0. The Morgan fingerprint density at radius 2 is 1.89 bits per heavy atom. The Kier molecular flexibility index (Phi) is 5.35. The zero-order valence-electron chi connectivity index (χ0n) is 16.5. The monoisotopic (exact) mass is 386 g/mol. The third-order valence-electron chi connectivity index (χ3n) is 4.79. The van der Waals surface area contributed by atoms with Crippen LogP contribution >= 0.6 is 0 Å². The standard InChI is InChI=1S/C20H26N4O2S/c1-6-7-10-23(5)27(25,26)19-12-17(9-8-14(19)2)18-13-21-24-16(4)11-15(3)22-20(18)24/h8-9,11-13H,6-7,10H2,1-5H3. The van der Waals surface area contributed by atoms with Crippen molar-refractivity contribution in [1.82, 2.24) is 18.9 Å². The molecule has 2 aromatic heterocycles. The maximum Gasteiger partial charge on any atom is 0.243 e. The van der Waals surface area contributed by atoms with Crippen LogP contribution in [-0.2, 0) is 10.0 Å². The number of fused-ring (bicyclic) bond motifs is 1. The van der Waals surface area contributed by atoms with Crippen molar-refractivity contribution in [2.45, 2.75) is 45.4 Å². The van der Waals surface area contributed by atoms with Crippen molar-refractivity contribution in [2.24, 2.45) is 0 Å². The molecular weight excluding hydrogens is 360 g/mol. The van der Waals surface area contributed by atoms with Crippen molar-refractivity contribution < 1.29 is 8.42 Å². The third kappa shape index (κ3) is 3.61. The minimum Gasteiger partial charge on any atom is -0.233 e. The van der Waals surface area contributed by atoms with Gasteiger partial charge in [-0.05, 0) is 50.5 Å². The highest BCUT2D eigenvalue weighted by Gasteiger charge is 2.23. The Bertz CT molecular complexity index is 1090. The van der Waals surface area contributed by atoms with Gasteiger partial charge in [-0.3, -0.25) is 0 Å². The zero-order valence-corrected chi connectivity index (χ0v) is 17.3. The SMILES string of the molecule is CCCCN(C)S(=O)(=O)c1cc(-c2cnn3c(C)cc(C)nc23)ccc1C. The van der Waals surface area contributed by atoms with E-state index in [9.17, 15) is 8.42 Å². The lowest BCUT2D eigenvalue weighted by Crippen LogP contribution is -2.28. The lowest BCUT2D eigenvalue weighted by atomic mass is 10.1. The van der Waals surface area contributed by atoms with Gasteiger partial charge in [0, 0.05) is 30.5 Å². The molecule has 1 aromatic carbocycles. The molecule has 0 unspecified atom stereocenters. The first-order valence-corrected chi connectivity index (χ1v) is 10.6. The summed E-state index contributed by atoms with van der Waals surface area (Å²) in [7, 11) is -1.90. The Hall–Kier alpha value is -2.25. The van der Waals surface area contributed by atoms with Gasteiger partial charge in [0.05, 0.1) is 11.1 Å². The number of unbranched alkanes of at least 4 members (excludes halogenated alkanes) is 1. The van der Waals surface area contributed by atoms with Crippen molar-refractivity contribution in [3.8, 4) is 11.1 Å². The highest BCUT2D eigenvalue weighted by Crippen LogP contribution is 2.29. The average molecular weight is 387 g/mol. The molecule has 0 N–H and O–H groups in total. The summed E-state index contributed by atoms with van der Waals surface area (Å²) in [6.45, 7) is 8.31. The van der Waals surface area contributed by atoms with Crippen LogP contribution in [0.1, 0.15) is 36.7 Å². The van der Waals surface area contributed by atoms with Gasteiger partial charge in [0.1, 0.15) is 0 Å². The maximum atomic E-state index is 13.0. The Morgan fingerprint density at radius 3 is 2.59 bits per heavy atom. The van der Waals surface area contributed by atoms with E-state index in [4.69, 9.17) is 0 Å². The largest absolute Gasteiger partial charge is 0.243 e. The number of aryl methyl sites for hydroxylation is 3. The second-order valence-electron chi connectivity index (χ2n) is 6.99. The molecule has 0 radical (unpaired) electrons. The molecule has 0 saturated carbocycles. The molecule has 0 amide bonds. The van der Waals surface area contributed by atoms with Crippen LogP contribution in [-0.4, -0.2) is 40.9 Å². The number of nitrogens with zero attached hydrogens (tertiary/aromatic N) is 4. The van der Waals surface area contributed by atoms with Crippen LogP contribution < -0.4 is 0 Å². The van der Waals surface area contributed by atoms with E-state index in [1.54, 1.807) is 23.8 Å². The van der Waals surface area contributed by atoms with Crippen LogP contribution in [0.5, 0.6) is 0 Å². The number of rotatable bonds is 6. The van der Waals surface area contributed by atoms with Gasteiger partial charge in [-0.15, -0.1) is 0 Å². The van der Waals surface area contributed by atoms with E-state index < -0.39 is 10.0 Å². The van der Waals surface area contributed by atoms with Gasteiger partial charge in [0.15, 0.2) is 5.65 Å². The summed E-state index contributed by atoms with van der Waals surface area (Å²) in [5.74, 6) is 0. The maximum absolute atomic E-state index is 13.0. The molecule has 6 nitrogen and oxygen atoms in total. The molecule has 0 bridgehead atoms. The predicted octanol–water partition coefficient (Wildman–Crippen LogP) is 3.74. The van der Waals surface area contributed by atoms with Crippen LogP contribution in [0.3, 0.4) is 0 Å². The number of hydrogen-bond donors (Lipinski definition) is 0. The third-order valence-corrected chi connectivity index (χ3v) is 6.79. The second-order valence-corrected chi connectivity index (χ2v) is 9.01. The van der Waals surface area contributed by atoms with E-state index in [2.05, 4.69) is 17.0 Å². The minimum atomic E-state index is -3.54. The molecule has 0 aliphatic rings. The fraction of sp³-hybridized carbons (Fsp3) is 0.400. The minimum absolute atomic E-state index is 0.335. The van der Waals surface area contributed by atoms with E-state index >= 15 is 0 Å². The average Bonchev–Trinajstić information content (AvgIpc) is 3.04. The number of aromatic nitrogens is 3. The quantitative estimate of drug-likeness (QED) is 0.647. The molecule has 3 aromatic rings. The first-order valence-electron chi connectivity index (χ1n) is 9.15. The lowest BCUT2D eigenvalue weighted by Gasteiger charge is -2.19. The molecule has 0 spiro atoms. The Morgan fingerprint density at radius 1 is 1.15 bits per heavy atom. The fourth-order valence-corrected chi connectivity index (χ4v) is 4.64. The molecule has 3 rings (SSSR count). The second kappa shape index (κ2) is 7.40. The first-order chi connectivity index (χ1) is 12.8. The molecule has 0 saturated heterocycles. The van der Waals surface area contributed by atoms with Gasteiger partial charge in [0.2, 0.25) is 10.0 Å². The van der Waals surface area contributed by atoms with Crippen molar-refractivity contribution >= 4 is 15.7 Å². The van der Waals surface area contributed by atoms with Crippen LogP contribution in [0.2, 0.25) is 0 Å². The summed E-state index contributed by atoms with van der Waals surface area (Å²) in [5, 5.41) is 4.42. The smallest absolute Gasteiger partial charge is 0.233 e. The van der Waals surface area contributed by atoms with Gasteiger partial charge in [0.25, 0.3) is 0 Å². The van der Waals surface area contributed by atoms with Crippen molar-refractivity contribution in [2.75, 3.05) is 13.6 Å². The topological polar surface area (TPSA) is 67.6 Å².